The van der Waals surface area contributed by atoms with E-state index in [0.29, 0.717) is 12.5 Å². The van der Waals surface area contributed by atoms with Gasteiger partial charge in [0.1, 0.15) is 0 Å². The summed E-state index contributed by atoms with van der Waals surface area (Å²) in [6.07, 6.45) is 4.25. The minimum atomic E-state index is 0.115. The molecule has 14 heavy (non-hydrogen) atoms. The lowest BCUT2D eigenvalue weighted by atomic mass is 10.2. The number of ether oxygens (including phenoxy) is 1. The molecule has 1 amide bonds. The Morgan fingerprint density at radius 2 is 2.43 bits per heavy atom. The Bertz CT molecular complexity index is 168. The number of amides is 1. The summed E-state index contributed by atoms with van der Waals surface area (Å²) in [6.45, 7) is 2.73. The molecular formula is C10H20N2O2. The van der Waals surface area contributed by atoms with Crippen LogP contribution < -0.4 is 10.6 Å². The van der Waals surface area contributed by atoms with E-state index in [0.717, 1.165) is 26.1 Å². The van der Waals surface area contributed by atoms with Crippen molar-refractivity contribution in [1.82, 2.24) is 10.6 Å². The van der Waals surface area contributed by atoms with E-state index < -0.39 is 0 Å². The Morgan fingerprint density at radius 3 is 3.07 bits per heavy atom. The lowest BCUT2D eigenvalue weighted by molar-refractivity contribution is -0.120. The predicted molar refractivity (Wildman–Crippen MR) is 55.1 cm³/mol. The van der Waals surface area contributed by atoms with Crippen molar-refractivity contribution >= 4 is 5.91 Å². The van der Waals surface area contributed by atoms with Crippen LogP contribution in [-0.2, 0) is 9.53 Å². The van der Waals surface area contributed by atoms with Crippen LogP contribution in [0.2, 0.25) is 0 Å². The van der Waals surface area contributed by atoms with Gasteiger partial charge in [-0.15, -0.1) is 0 Å². The molecule has 0 aromatic rings. The van der Waals surface area contributed by atoms with E-state index in [9.17, 15) is 4.79 Å². The number of carbonyl (C=O) groups excluding carboxylic acids is 1. The van der Waals surface area contributed by atoms with E-state index in [1.54, 1.807) is 7.05 Å². The second-order valence-corrected chi connectivity index (χ2v) is 3.62. The van der Waals surface area contributed by atoms with Crippen molar-refractivity contribution in [1.29, 1.82) is 0 Å². The highest BCUT2D eigenvalue weighted by atomic mass is 16.5. The summed E-state index contributed by atoms with van der Waals surface area (Å²) in [5.41, 5.74) is 0. The lowest BCUT2D eigenvalue weighted by Crippen LogP contribution is -2.28. The fraction of sp³-hybridized carbons (Fsp3) is 0.900. The predicted octanol–water partition coefficient (Wildman–Crippen LogP) is 0.281. The van der Waals surface area contributed by atoms with Crippen molar-refractivity contribution in [3.63, 3.8) is 0 Å². The molecule has 1 saturated heterocycles. The van der Waals surface area contributed by atoms with Crippen molar-refractivity contribution in [2.75, 3.05) is 26.7 Å². The van der Waals surface area contributed by atoms with Gasteiger partial charge in [-0.05, 0) is 25.8 Å². The van der Waals surface area contributed by atoms with Gasteiger partial charge in [0, 0.05) is 26.6 Å². The average Bonchev–Trinajstić information content (AvgIpc) is 2.69. The summed E-state index contributed by atoms with van der Waals surface area (Å²) in [7, 11) is 1.67. The number of rotatable bonds is 6. The minimum Gasteiger partial charge on any atom is -0.377 e. The Kier molecular flexibility index (Phi) is 5.56. The third kappa shape index (κ3) is 4.58. The summed E-state index contributed by atoms with van der Waals surface area (Å²) in [5, 5.41) is 5.91. The van der Waals surface area contributed by atoms with Gasteiger partial charge < -0.3 is 15.4 Å². The molecule has 0 bridgehead atoms. The van der Waals surface area contributed by atoms with Crippen molar-refractivity contribution in [2.24, 2.45) is 0 Å². The van der Waals surface area contributed by atoms with E-state index in [2.05, 4.69) is 10.6 Å². The third-order valence-electron chi connectivity index (χ3n) is 2.43. The van der Waals surface area contributed by atoms with Crippen molar-refractivity contribution in [3.05, 3.63) is 0 Å². The van der Waals surface area contributed by atoms with Crippen LogP contribution in [0.25, 0.3) is 0 Å². The van der Waals surface area contributed by atoms with Gasteiger partial charge in [-0.25, -0.2) is 0 Å². The molecule has 4 heteroatoms. The Morgan fingerprint density at radius 1 is 1.57 bits per heavy atom. The van der Waals surface area contributed by atoms with Crippen LogP contribution in [0.4, 0.5) is 0 Å². The van der Waals surface area contributed by atoms with Crippen LogP contribution in [0.1, 0.15) is 25.7 Å². The van der Waals surface area contributed by atoms with Crippen molar-refractivity contribution < 1.29 is 9.53 Å². The highest BCUT2D eigenvalue weighted by Gasteiger charge is 2.14. The van der Waals surface area contributed by atoms with Crippen LogP contribution in [0.3, 0.4) is 0 Å². The molecule has 0 aromatic heterocycles. The molecule has 0 aliphatic carbocycles. The summed E-state index contributed by atoms with van der Waals surface area (Å²) in [4.78, 5) is 10.9. The number of nitrogens with one attached hydrogen (secondary N) is 2. The summed E-state index contributed by atoms with van der Waals surface area (Å²) >= 11 is 0. The Hall–Kier alpha value is -0.610. The van der Waals surface area contributed by atoms with Gasteiger partial charge >= 0.3 is 0 Å². The van der Waals surface area contributed by atoms with Crippen LogP contribution in [0.15, 0.2) is 0 Å². The standard InChI is InChI=1S/C10H20N2O2/c1-11-10(13)5-2-6-12-8-9-4-3-7-14-9/h9,12H,2-8H2,1H3,(H,11,13). The first kappa shape index (κ1) is 11.5. The molecule has 1 aliphatic heterocycles. The molecule has 0 radical (unpaired) electrons. The molecule has 1 rings (SSSR count). The molecule has 82 valence electrons. The molecule has 1 aliphatic rings. The van der Waals surface area contributed by atoms with Crippen LogP contribution in [0.5, 0.6) is 0 Å². The molecule has 2 N–H and O–H groups in total. The summed E-state index contributed by atoms with van der Waals surface area (Å²) in [5.74, 6) is 0.115. The average molecular weight is 200 g/mol. The zero-order valence-corrected chi connectivity index (χ0v) is 8.84. The third-order valence-corrected chi connectivity index (χ3v) is 2.43. The first-order valence-corrected chi connectivity index (χ1v) is 5.36. The largest absolute Gasteiger partial charge is 0.377 e. The normalized spacial score (nSPS) is 21.1. The zero-order valence-electron chi connectivity index (χ0n) is 8.84. The van der Waals surface area contributed by atoms with E-state index in [-0.39, 0.29) is 5.91 Å². The van der Waals surface area contributed by atoms with Gasteiger partial charge in [0.25, 0.3) is 0 Å². The SMILES string of the molecule is CNC(=O)CCCNCC1CCCO1. The number of hydrogen-bond donors (Lipinski definition) is 2. The smallest absolute Gasteiger partial charge is 0.219 e. The van der Waals surface area contributed by atoms with Gasteiger partial charge in [0.05, 0.1) is 6.10 Å². The number of carbonyl (C=O) groups is 1. The monoisotopic (exact) mass is 200 g/mol. The van der Waals surface area contributed by atoms with Gasteiger partial charge in [-0.1, -0.05) is 0 Å². The maximum atomic E-state index is 10.9. The topological polar surface area (TPSA) is 50.4 Å². The van der Waals surface area contributed by atoms with Crippen LogP contribution in [-0.4, -0.2) is 38.8 Å². The molecule has 1 fully saturated rings. The van der Waals surface area contributed by atoms with Crippen molar-refractivity contribution in [3.8, 4) is 0 Å². The molecule has 1 unspecified atom stereocenters. The maximum Gasteiger partial charge on any atom is 0.219 e. The highest BCUT2D eigenvalue weighted by Crippen LogP contribution is 2.10. The van der Waals surface area contributed by atoms with Gasteiger partial charge in [-0.2, -0.15) is 0 Å². The minimum absolute atomic E-state index is 0.115. The summed E-state index contributed by atoms with van der Waals surface area (Å²) in [6, 6.07) is 0. The second-order valence-electron chi connectivity index (χ2n) is 3.62. The van der Waals surface area contributed by atoms with E-state index in [1.807, 2.05) is 0 Å². The Balaban J connectivity index is 1.86. The fourth-order valence-corrected chi connectivity index (χ4v) is 1.57. The molecule has 4 nitrogen and oxygen atoms in total. The van der Waals surface area contributed by atoms with Crippen molar-refractivity contribution in [2.45, 2.75) is 31.8 Å². The molecule has 1 atom stereocenters. The molecule has 0 spiro atoms. The van der Waals surface area contributed by atoms with Crippen LogP contribution in [0, 0.1) is 0 Å². The molecule has 0 aromatic carbocycles. The molecule has 0 saturated carbocycles. The zero-order chi connectivity index (χ0) is 10.2. The van der Waals surface area contributed by atoms with Crippen LogP contribution >= 0.6 is 0 Å². The van der Waals surface area contributed by atoms with Gasteiger partial charge in [-0.3, -0.25) is 4.79 Å². The number of hydrogen-bond acceptors (Lipinski definition) is 3. The second kappa shape index (κ2) is 6.79. The van der Waals surface area contributed by atoms with E-state index >= 15 is 0 Å². The van der Waals surface area contributed by atoms with E-state index in [4.69, 9.17) is 4.74 Å². The fourth-order valence-electron chi connectivity index (χ4n) is 1.57. The summed E-state index contributed by atoms with van der Waals surface area (Å²) < 4.78 is 5.46. The van der Waals surface area contributed by atoms with Gasteiger partial charge in [0.15, 0.2) is 0 Å². The quantitative estimate of drug-likeness (QED) is 0.606. The lowest BCUT2D eigenvalue weighted by Gasteiger charge is -2.10. The Labute approximate surface area is 85.4 Å². The highest BCUT2D eigenvalue weighted by molar-refractivity contribution is 5.75. The van der Waals surface area contributed by atoms with E-state index in [1.165, 1.54) is 12.8 Å². The maximum absolute atomic E-state index is 10.9. The molecule has 1 heterocycles. The first-order chi connectivity index (χ1) is 6.83. The van der Waals surface area contributed by atoms with Gasteiger partial charge in [0.2, 0.25) is 5.91 Å². The first-order valence-electron chi connectivity index (χ1n) is 5.36. The molecular weight excluding hydrogens is 180 g/mol.